The first-order chi connectivity index (χ1) is 15.5. The van der Waals surface area contributed by atoms with E-state index in [1.165, 1.54) is 31.3 Å². The molecule has 1 amide bonds. The molecule has 164 valence electrons. The van der Waals surface area contributed by atoms with Gasteiger partial charge in [-0.25, -0.2) is 9.97 Å². The number of methoxy groups -OCH3 is 1. The van der Waals surface area contributed by atoms with Crippen LogP contribution in [0, 0.1) is 0 Å². The molecule has 0 radical (unpaired) electrons. The number of fused-ring (bicyclic) bond motifs is 1. The molecular formula is C22H22N6O3S. The van der Waals surface area contributed by atoms with Crippen LogP contribution in [0.25, 0.3) is 11.2 Å². The molecule has 2 aromatic heterocycles. The summed E-state index contributed by atoms with van der Waals surface area (Å²) < 4.78 is 5.13. The Morgan fingerprint density at radius 1 is 1.25 bits per heavy atom. The third kappa shape index (κ3) is 4.92. The maximum absolute atomic E-state index is 13.2. The molecule has 9 nitrogen and oxygen atoms in total. The van der Waals surface area contributed by atoms with Crippen molar-refractivity contribution in [2.75, 3.05) is 18.2 Å². The van der Waals surface area contributed by atoms with Crippen molar-refractivity contribution in [3.05, 3.63) is 60.4 Å². The summed E-state index contributed by atoms with van der Waals surface area (Å²) in [4.78, 5) is 28.8. The van der Waals surface area contributed by atoms with Gasteiger partial charge >= 0.3 is 0 Å². The summed E-state index contributed by atoms with van der Waals surface area (Å²) in [7, 11) is 1.45. The molecule has 0 fully saturated rings. The number of H-pyrrole nitrogens is 1. The highest BCUT2D eigenvalue weighted by Crippen LogP contribution is 2.32. The summed E-state index contributed by atoms with van der Waals surface area (Å²) in [6, 6.07) is 14.6. The second-order valence-electron chi connectivity index (χ2n) is 6.99. The first-order valence-corrected chi connectivity index (χ1v) is 10.8. The number of rotatable bonds is 8. The van der Waals surface area contributed by atoms with Gasteiger partial charge in [-0.1, -0.05) is 42.1 Å². The second kappa shape index (κ2) is 9.56. The molecule has 4 rings (SSSR count). The lowest BCUT2D eigenvalue weighted by atomic mass is 10.1. The van der Waals surface area contributed by atoms with Crippen molar-refractivity contribution in [3.8, 4) is 11.5 Å². The molecule has 5 N–H and O–H groups in total. The highest BCUT2D eigenvalue weighted by Gasteiger charge is 2.23. The first-order valence-electron chi connectivity index (χ1n) is 9.88. The predicted molar refractivity (Wildman–Crippen MR) is 124 cm³/mol. The monoisotopic (exact) mass is 450 g/mol. The molecule has 0 aliphatic heterocycles. The molecule has 0 saturated carbocycles. The van der Waals surface area contributed by atoms with Crippen LogP contribution in [0.5, 0.6) is 11.5 Å². The molecule has 2 aromatic carbocycles. The Morgan fingerprint density at radius 3 is 2.84 bits per heavy atom. The van der Waals surface area contributed by atoms with Gasteiger partial charge in [-0.15, -0.1) is 0 Å². The molecule has 2 heterocycles. The maximum Gasteiger partial charge on any atom is 0.237 e. The fourth-order valence-electron chi connectivity index (χ4n) is 3.21. The van der Waals surface area contributed by atoms with E-state index >= 15 is 0 Å². The summed E-state index contributed by atoms with van der Waals surface area (Å²) in [5, 5.41) is 12.8. The minimum absolute atomic E-state index is 0.00130. The van der Waals surface area contributed by atoms with Crippen LogP contribution >= 0.6 is 11.8 Å². The van der Waals surface area contributed by atoms with Gasteiger partial charge in [0.15, 0.2) is 17.1 Å². The van der Waals surface area contributed by atoms with Crippen molar-refractivity contribution in [3.63, 3.8) is 0 Å². The van der Waals surface area contributed by atoms with Crippen LogP contribution in [0.4, 0.5) is 11.6 Å². The number of carbonyl (C=O) groups excluding carboxylic acids is 1. The molecule has 0 aliphatic rings. The zero-order valence-corrected chi connectivity index (χ0v) is 18.1. The molecule has 0 aliphatic carbocycles. The topological polar surface area (TPSA) is 139 Å². The minimum atomic E-state index is -0.476. The quantitative estimate of drug-likeness (QED) is 0.182. The Morgan fingerprint density at radius 2 is 2.06 bits per heavy atom. The number of benzene rings is 2. The lowest BCUT2D eigenvalue weighted by Crippen LogP contribution is -2.26. The standard InChI is InChI=1S/C22H22N6O3S/c1-31-16-11-14(8-9-15(16)29)26-20(30)17(10-7-13-5-3-2-4-6-13)32-21-18-19(25-12-24-18)27-22(23)28-21/h2-6,8-9,11-12,17,29H,7,10H2,1H3,(H,26,30)(H3,23,24,25,27,28)/t17-/m0/s1. The number of imidazole rings is 1. The molecule has 0 spiro atoms. The number of carbonyl (C=O) groups is 1. The Bertz CT molecular complexity index is 1230. The van der Waals surface area contributed by atoms with Gasteiger partial charge in [-0.05, 0) is 30.5 Å². The molecule has 0 bridgehead atoms. The fraction of sp³-hybridized carbons (Fsp3) is 0.182. The van der Waals surface area contributed by atoms with E-state index in [1.807, 2.05) is 30.3 Å². The Labute approximate surface area is 188 Å². The number of ether oxygens (including phenoxy) is 1. The zero-order chi connectivity index (χ0) is 22.5. The number of phenols is 1. The molecule has 10 heteroatoms. The summed E-state index contributed by atoms with van der Waals surface area (Å²) >= 11 is 1.30. The van der Waals surface area contributed by atoms with Crippen LogP contribution in [0.1, 0.15) is 12.0 Å². The lowest BCUT2D eigenvalue weighted by Gasteiger charge is -2.17. The van der Waals surface area contributed by atoms with E-state index in [0.717, 1.165) is 5.56 Å². The Hall–Kier alpha value is -3.79. The van der Waals surface area contributed by atoms with Crippen molar-refractivity contribution in [2.45, 2.75) is 23.1 Å². The largest absolute Gasteiger partial charge is 0.504 e. The lowest BCUT2D eigenvalue weighted by molar-refractivity contribution is -0.115. The van der Waals surface area contributed by atoms with E-state index < -0.39 is 5.25 Å². The average molecular weight is 451 g/mol. The number of thioether (sulfide) groups is 1. The van der Waals surface area contributed by atoms with Gasteiger partial charge in [-0.3, -0.25) is 4.79 Å². The number of amides is 1. The van der Waals surface area contributed by atoms with Gasteiger partial charge in [0.1, 0.15) is 10.5 Å². The van der Waals surface area contributed by atoms with Crippen molar-refractivity contribution < 1.29 is 14.6 Å². The number of aryl methyl sites for hydroxylation is 1. The average Bonchev–Trinajstić information content (AvgIpc) is 3.27. The highest BCUT2D eigenvalue weighted by atomic mass is 32.2. The van der Waals surface area contributed by atoms with Crippen LogP contribution < -0.4 is 15.8 Å². The predicted octanol–water partition coefficient (Wildman–Crippen LogP) is 3.38. The normalized spacial score (nSPS) is 11.9. The van der Waals surface area contributed by atoms with Gasteiger partial charge in [0.2, 0.25) is 11.9 Å². The molecule has 4 aromatic rings. The summed E-state index contributed by atoms with van der Waals surface area (Å²) in [5.74, 6) is 0.166. The van der Waals surface area contributed by atoms with E-state index in [9.17, 15) is 9.90 Å². The SMILES string of the molecule is COc1cc(NC(=O)[C@H](CCc2ccccc2)Sc2nc(N)nc3nc[nH]c23)ccc1O. The van der Waals surface area contributed by atoms with Gasteiger partial charge in [-0.2, -0.15) is 4.98 Å². The smallest absolute Gasteiger partial charge is 0.237 e. The number of aromatic hydroxyl groups is 1. The molecule has 1 atom stereocenters. The van der Waals surface area contributed by atoms with Crippen molar-refractivity contribution in [1.29, 1.82) is 0 Å². The van der Waals surface area contributed by atoms with E-state index in [1.54, 1.807) is 12.1 Å². The fourth-order valence-corrected chi connectivity index (χ4v) is 4.29. The first kappa shape index (κ1) is 21.4. The third-order valence-electron chi connectivity index (χ3n) is 4.80. The minimum Gasteiger partial charge on any atom is -0.504 e. The summed E-state index contributed by atoms with van der Waals surface area (Å²) in [5.41, 5.74) is 8.57. The number of hydrogen-bond donors (Lipinski definition) is 4. The van der Waals surface area contributed by atoms with Gasteiger partial charge in [0.25, 0.3) is 0 Å². The van der Waals surface area contributed by atoms with Gasteiger partial charge in [0.05, 0.1) is 18.7 Å². The number of aromatic amines is 1. The Balaban J connectivity index is 1.59. The van der Waals surface area contributed by atoms with Crippen molar-refractivity contribution in [1.82, 2.24) is 19.9 Å². The van der Waals surface area contributed by atoms with Crippen molar-refractivity contribution in [2.24, 2.45) is 0 Å². The van der Waals surface area contributed by atoms with Gasteiger partial charge < -0.3 is 25.9 Å². The molecule has 0 unspecified atom stereocenters. The van der Waals surface area contributed by atoms with Crippen LogP contribution in [-0.4, -0.2) is 43.3 Å². The second-order valence-corrected chi connectivity index (χ2v) is 8.19. The molecular weight excluding hydrogens is 428 g/mol. The Kier molecular flexibility index (Phi) is 6.41. The molecule has 32 heavy (non-hydrogen) atoms. The van der Waals surface area contributed by atoms with Crippen LogP contribution in [0.15, 0.2) is 59.9 Å². The van der Waals surface area contributed by atoms with E-state index in [2.05, 4.69) is 25.3 Å². The highest BCUT2D eigenvalue weighted by molar-refractivity contribution is 8.00. The number of nitrogens with two attached hydrogens (primary N) is 1. The zero-order valence-electron chi connectivity index (χ0n) is 17.3. The van der Waals surface area contributed by atoms with Crippen LogP contribution in [0.3, 0.4) is 0 Å². The van der Waals surface area contributed by atoms with E-state index in [0.29, 0.717) is 34.7 Å². The maximum atomic E-state index is 13.2. The number of anilines is 2. The number of hydrogen-bond acceptors (Lipinski definition) is 8. The third-order valence-corrected chi connectivity index (χ3v) is 6.05. The number of nitrogen functional groups attached to an aromatic ring is 1. The number of nitrogens with zero attached hydrogens (tertiary/aromatic N) is 3. The number of phenolic OH excluding ortho intramolecular Hbond substituents is 1. The van der Waals surface area contributed by atoms with E-state index in [4.69, 9.17) is 10.5 Å². The number of nitrogens with one attached hydrogen (secondary N) is 2. The van der Waals surface area contributed by atoms with E-state index in [-0.39, 0.29) is 23.4 Å². The van der Waals surface area contributed by atoms with Crippen LogP contribution in [-0.2, 0) is 11.2 Å². The van der Waals surface area contributed by atoms with Crippen LogP contribution in [0.2, 0.25) is 0 Å². The summed E-state index contributed by atoms with van der Waals surface area (Å²) in [6.45, 7) is 0. The van der Waals surface area contributed by atoms with Crippen molar-refractivity contribution >= 4 is 40.5 Å². The van der Waals surface area contributed by atoms with Gasteiger partial charge in [0, 0.05) is 11.8 Å². The number of aromatic nitrogens is 4. The molecule has 0 saturated heterocycles. The summed E-state index contributed by atoms with van der Waals surface area (Å²) in [6.07, 6.45) is 2.79.